The molecule has 0 aliphatic heterocycles. The molecule has 0 spiro atoms. The zero-order valence-corrected chi connectivity index (χ0v) is 16.3. The van der Waals surface area contributed by atoms with Gasteiger partial charge in [0, 0.05) is 10.5 Å². The van der Waals surface area contributed by atoms with Crippen LogP contribution in [0.1, 0.15) is 20.7 Å². The van der Waals surface area contributed by atoms with Gasteiger partial charge in [-0.2, -0.15) is 0 Å². The maximum Gasteiger partial charge on any atom is 0.343 e. The number of hydrogen-bond acceptors (Lipinski definition) is 10. The lowest BCUT2D eigenvalue weighted by Crippen LogP contribution is -2.15. The van der Waals surface area contributed by atoms with Crippen LogP contribution in [0.4, 0.5) is 5.69 Å². The summed E-state index contributed by atoms with van der Waals surface area (Å²) < 4.78 is 5.22. The molecule has 0 bridgehead atoms. The van der Waals surface area contributed by atoms with Gasteiger partial charge in [-0.25, -0.2) is 4.79 Å². The first-order valence-corrected chi connectivity index (χ1v) is 8.88. The number of aromatic hydroxyl groups is 6. The van der Waals surface area contributed by atoms with E-state index in [0.29, 0.717) is 4.90 Å². The number of esters is 1. The lowest BCUT2D eigenvalue weighted by atomic mass is 10.1. The second-order valence-electron chi connectivity index (χ2n) is 6.25. The summed E-state index contributed by atoms with van der Waals surface area (Å²) in [6.45, 7) is 0. The van der Waals surface area contributed by atoms with Crippen LogP contribution >= 0.6 is 12.6 Å². The average molecular weight is 445 g/mol. The maximum atomic E-state index is 12.5. The summed E-state index contributed by atoms with van der Waals surface area (Å²) in [7, 11) is 0. The van der Waals surface area contributed by atoms with Gasteiger partial charge >= 0.3 is 5.97 Å². The molecule has 7 N–H and O–H groups in total. The van der Waals surface area contributed by atoms with Gasteiger partial charge in [-0.05, 0) is 42.5 Å². The van der Waals surface area contributed by atoms with Gasteiger partial charge in [-0.15, -0.1) is 12.6 Å². The van der Waals surface area contributed by atoms with E-state index in [2.05, 4.69) is 17.9 Å². The Morgan fingerprint density at radius 3 is 1.74 bits per heavy atom. The van der Waals surface area contributed by atoms with E-state index in [1.807, 2.05) is 0 Å². The molecule has 0 unspecified atom stereocenters. The molecule has 0 atom stereocenters. The highest BCUT2D eigenvalue weighted by Gasteiger charge is 2.19. The van der Waals surface area contributed by atoms with Crippen LogP contribution in [-0.4, -0.2) is 42.5 Å². The monoisotopic (exact) mass is 445 g/mol. The molecule has 0 saturated carbocycles. The summed E-state index contributed by atoms with van der Waals surface area (Å²) >= 11 is 4.14. The number of ether oxygens (including phenoxy) is 1. The number of amides is 1. The summed E-state index contributed by atoms with van der Waals surface area (Å²) in [5.41, 5.74) is -0.480. The zero-order chi connectivity index (χ0) is 22.9. The first-order valence-electron chi connectivity index (χ1n) is 8.43. The number of phenols is 6. The van der Waals surface area contributed by atoms with E-state index in [0.717, 1.165) is 24.3 Å². The quantitative estimate of drug-likeness (QED) is 0.130. The van der Waals surface area contributed by atoms with Crippen LogP contribution in [0.5, 0.6) is 40.2 Å². The molecule has 0 aromatic heterocycles. The third-order valence-corrected chi connectivity index (χ3v) is 4.33. The Labute approximate surface area is 179 Å². The van der Waals surface area contributed by atoms with Crippen LogP contribution in [0.2, 0.25) is 0 Å². The Kier molecular flexibility index (Phi) is 5.70. The number of carbonyl (C=O) groups is 2. The molecule has 0 aliphatic rings. The molecule has 10 nitrogen and oxygen atoms in total. The van der Waals surface area contributed by atoms with E-state index in [1.165, 1.54) is 18.2 Å². The van der Waals surface area contributed by atoms with E-state index in [-0.39, 0.29) is 22.6 Å². The van der Waals surface area contributed by atoms with Gasteiger partial charge < -0.3 is 40.7 Å². The minimum absolute atomic E-state index is 0.00965. The van der Waals surface area contributed by atoms with Crippen molar-refractivity contribution < 1.29 is 45.0 Å². The molecule has 160 valence electrons. The molecule has 31 heavy (non-hydrogen) atoms. The number of thiol groups is 1. The Bertz CT molecular complexity index is 1160. The van der Waals surface area contributed by atoms with Crippen molar-refractivity contribution in [3.8, 4) is 40.2 Å². The summed E-state index contributed by atoms with van der Waals surface area (Å²) in [6.07, 6.45) is 0. The highest BCUT2D eigenvalue weighted by atomic mass is 32.1. The lowest BCUT2D eigenvalue weighted by Gasteiger charge is -2.13. The van der Waals surface area contributed by atoms with E-state index in [1.54, 1.807) is 0 Å². The first kappa shape index (κ1) is 21.5. The highest BCUT2D eigenvalue weighted by molar-refractivity contribution is 7.80. The third-order valence-electron chi connectivity index (χ3n) is 4.05. The number of benzene rings is 3. The van der Waals surface area contributed by atoms with E-state index < -0.39 is 46.4 Å². The average Bonchev–Trinajstić information content (AvgIpc) is 2.71. The predicted molar refractivity (Wildman–Crippen MR) is 109 cm³/mol. The van der Waals surface area contributed by atoms with Gasteiger partial charge in [0.1, 0.15) is 0 Å². The van der Waals surface area contributed by atoms with Crippen LogP contribution in [0.25, 0.3) is 0 Å². The Morgan fingerprint density at radius 2 is 1.23 bits per heavy atom. The van der Waals surface area contributed by atoms with Crippen molar-refractivity contribution in [2.45, 2.75) is 4.90 Å². The number of rotatable bonds is 4. The number of hydrogen-bond donors (Lipinski definition) is 8. The molecule has 0 fully saturated rings. The number of carbonyl (C=O) groups excluding carboxylic acids is 2. The maximum absolute atomic E-state index is 12.5. The van der Waals surface area contributed by atoms with Crippen molar-refractivity contribution in [1.82, 2.24) is 0 Å². The summed E-state index contributed by atoms with van der Waals surface area (Å²) in [5, 5.41) is 59.5. The summed E-state index contributed by atoms with van der Waals surface area (Å²) in [5.74, 6) is -6.48. The van der Waals surface area contributed by atoms with E-state index in [9.17, 15) is 40.2 Å². The molecule has 3 aromatic rings. The van der Waals surface area contributed by atoms with Crippen LogP contribution < -0.4 is 10.1 Å². The summed E-state index contributed by atoms with van der Waals surface area (Å²) in [4.78, 5) is 25.3. The molecular formula is C20H15NO9S. The Morgan fingerprint density at radius 1 is 0.742 bits per heavy atom. The normalized spacial score (nSPS) is 10.5. The van der Waals surface area contributed by atoms with E-state index in [4.69, 9.17) is 4.74 Å². The molecule has 11 heteroatoms. The predicted octanol–water partition coefficient (Wildman–Crippen LogP) is 2.68. The van der Waals surface area contributed by atoms with Crippen LogP contribution in [-0.2, 0) is 0 Å². The number of nitrogens with one attached hydrogen (secondary N) is 1. The fourth-order valence-electron chi connectivity index (χ4n) is 2.51. The Hall–Kier alpha value is -4.25. The number of phenolic OH excluding ortho intramolecular Hbond substituents is 6. The molecule has 3 rings (SSSR count). The van der Waals surface area contributed by atoms with Gasteiger partial charge in [0.2, 0.25) is 0 Å². The van der Waals surface area contributed by atoms with Gasteiger partial charge in [0.25, 0.3) is 5.91 Å². The Balaban J connectivity index is 1.89. The first-order chi connectivity index (χ1) is 14.6. The fraction of sp³-hybridized carbons (Fsp3) is 0. The largest absolute Gasteiger partial charge is 0.504 e. The SMILES string of the molecule is O=C(Nc1ccc(S)cc1OC(=O)c1cc(O)c(O)c(O)c1)c1cc(O)c(O)c(O)c1. The molecule has 0 heterocycles. The van der Waals surface area contributed by atoms with Gasteiger partial charge in [0.05, 0.1) is 11.3 Å². The lowest BCUT2D eigenvalue weighted by molar-refractivity contribution is 0.0733. The van der Waals surface area contributed by atoms with Crippen molar-refractivity contribution in [2.24, 2.45) is 0 Å². The van der Waals surface area contributed by atoms with E-state index >= 15 is 0 Å². The van der Waals surface area contributed by atoms with Crippen molar-refractivity contribution in [2.75, 3.05) is 5.32 Å². The molecule has 0 radical (unpaired) electrons. The fourth-order valence-corrected chi connectivity index (χ4v) is 2.70. The number of anilines is 1. The van der Waals surface area contributed by atoms with Crippen LogP contribution in [0.3, 0.4) is 0 Å². The minimum atomic E-state index is -1.03. The molecule has 0 saturated heterocycles. The smallest absolute Gasteiger partial charge is 0.343 e. The molecule has 0 aliphatic carbocycles. The molecular weight excluding hydrogens is 430 g/mol. The van der Waals surface area contributed by atoms with Gasteiger partial charge in [0.15, 0.2) is 40.2 Å². The standard InChI is InChI=1S/C20H15NO9S/c22-12-3-8(4-13(23)17(12)26)19(28)21-11-2-1-10(31)7-16(11)30-20(29)9-5-14(24)18(27)15(25)6-9/h1-7,22-27,31H,(H,21,28). The summed E-state index contributed by atoms with van der Waals surface area (Å²) in [6, 6.07) is 7.76. The topological polar surface area (TPSA) is 177 Å². The molecule has 1 amide bonds. The third kappa shape index (κ3) is 4.51. The minimum Gasteiger partial charge on any atom is -0.504 e. The van der Waals surface area contributed by atoms with Crippen molar-refractivity contribution in [3.63, 3.8) is 0 Å². The van der Waals surface area contributed by atoms with Crippen LogP contribution in [0, 0.1) is 0 Å². The second-order valence-corrected chi connectivity index (χ2v) is 6.77. The van der Waals surface area contributed by atoms with Crippen molar-refractivity contribution in [3.05, 3.63) is 53.6 Å². The molecule has 3 aromatic carbocycles. The van der Waals surface area contributed by atoms with Crippen molar-refractivity contribution in [1.29, 1.82) is 0 Å². The van der Waals surface area contributed by atoms with Gasteiger partial charge in [-0.3, -0.25) is 4.79 Å². The second kappa shape index (κ2) is 8.24. The van der Waals surface area contributed by atoms with Gasteiger partial charge in [-0.1, -0.05) is 0 Å². The zero-order valence-electron chi connectivity index (χ0n) is 15.4. The van der Waals surface area contributed by atoms with Crippen LogP contribution in [0.15, 0.2) is 47.4 Å². The highest BCUT2D eigenvalue weighted by Crippen LogP contribution is 2.37. The van der Waals surface area contributed by atoms with Crippen molar-refractivity contribution >= 4 is 30.2 Å².